The number of amides is 1. The lowest BCUT2D eigenvalue weighted by molar-refractivity contribution is -0.121. The van der Waals surface area contributed by atoms with Gasteiger partial charge in [0.05, 0.1) is 6.33 Å². The molecular weight excluding hydrogens is 311 g/mol. The summed E-state index contributed by atoms with van der Waals surface area (Å²) >= 11 is 0. The third kappa shape index (κ3) is 3.15. The van der Waals surface area contributed by atoms with Crippen LogP contribution in [0.2, 0.25) is 0 Å². The minimum atomic E-state index is -0.379. The number of nitrogens with zero attached hydrogens (tertiary/aromatic N) is 2. The maximum Gasteiger partial charge on any atom is 0.277 e. The van der Waals surface area contributed by atoms with Crippen LogP contribution in [-0.2, 0) is 11.3 Å². The zero-order chi connectivity index (χ0) is 17.3. The van der Waals surface area contributed by atoms with Gasteiger partial charge in [0.1, 0.15) is 16.9 Å². The lowest BCUT2D eigenvalue weighted by Gasteiger charge is -2.08. The van der Waals surface area contributed by atoms with Gasteiger partial charge >= 0.3 is 0 Å². The molecule has 0 saturated carbocycles. The molecule has 6 nitrogen and oxygen atoms in total. The molecule has 126 valence electrons. The summed E-state index contributed by atoms with van der Waals surface area (Å²) in [7, 11) is 0. The van der Waals surface area contributed by atoms with Crippen molar-refractivity contribution in [1.82, 2.24) is 19.9 Å². The molecule has 2 heterocycles. The van der Waals surface area contributed by atoms with E-state index in [4.69, 9.17) is 0 Å². The van der Waals surface area contributed by atoms with Crippen molar-refractivity contribution in [2.45, 2.75) is 26.8 Å². The molecule has 3 rings (SSSR count). The van der Waals surface area contributed by atoms with Gasteiger partial charge in [-0.15, -0.1) is 0 Å². The van der Waals surface area contributed by atoms with E-state index in [2.05, 4.69) is 15.3 Å². The molecule has 1 aromatic carbocycles. The normalized spacial score (nSPS) is 11.5. The monoisotopic (exact) mass is 330 g/mol. The largest absolute Gasteiger partial charge is 0.356 e. The maximum atomic E-state index is 13.4. The quantitative estimate of drug-likeness (QED) is 0.752. The van der Waals surface area contributed by atoms with Crippen molar-refractivity contribution in [3.05, 3.63) is 40.7 Å². The third-order valence-corrected chi connectivity index (χ3v) is 3.82. The number of fused-ring (bicyclic) bond motifs is 3. The van der Waals surface area contributed by atoms with Gasteiger partial charge in [-0.3, -0.25) is 14.2 Å². The second-order valence-electron chi connectivity index (χ2n) is 6.23. The van der Waals surface area contributed by atoms with Crippen LogP contribution in [0.3, 0.4) is 0 Å². The van der Waals surface area contributed by atoms with Gasteiger partial charge in [0.2, 0.25) is 5.91 Å². The molecule has 0 aliphatic carbocycles. The molecule has 0 spiro atoms. The summed E-state index contributed by atoms with van der Waals surface area (Å²) < 4.78 is 14.8. The zero-order valence-electron chi connectivity index (χ0n) is 13.6. The van der Waals surface area contributed by atoms with E-state index < -0.39 is 0 Å². The lowest BCUT2D eigenvalue weighted by Crippen LogP contribution is -2.30. The molecule has 3 aromatic rings. The van der Waals surface area contributed by atoms with E-state index in [0.29, 0.717) is 34.4 Å². The number of aromatic nitrogens is 3. The van der Waals surface area contributed by atoms with Crippen LogP contribution in [-0.4, -0.2) is 27.0 Å². The number of carbonyl (C=O) groups is 1. The first-order valence-corrected chi connectivity index (χ1v) is 7.89. The number of H-pyrrole nitrogens is 1. The van der Waals surface area contributed by atoms with E-state index in [1.54, 1.807) is 6.07 Å². The van der Waals surface area contributed by atoms with Crippen molar-refractivity contribution in [3.63, 3.8) is 0 Å². The molecule has 2 aromatic heterocycles. The standard InChI is InChI=1S/C17H19FN4O2/c1-10(2)8-19-14(23)5-6-22-9-20-15-12-7-11(18)3-4-13(12)21-16(15)17(22)24/h3-4,7,9-10,21H,5-6,8H2,1-2H3,(H,19,23). The summed E-state index contributed by atoms with van der Waals surface area (Å²) in [6, 6.07) is 4.26. The van der Waals surface area contributed by atoms with Crippen molar-refractivity contribution < 1.29 is 9.18 Å². The van der Waals surface area contributed by atoms with Crippen LogP contribution in [0.25, 0.3) is 21.9 Å². The first kappa shape index (κ1) is 16.2. The molecule has 0 saturated heterocycles. The molecule has 0 fully saturated rings. The predicted molar refractivity (Wildman–Crippen MR) is 90.3 cm³/mol. The summed E-state index contributed by atoms with van der Waals surface area (Å²) in [6.07, 6.45) is 1.60. The number of benzene rings is 1. The van der Waals surface area contributed by atoms with Gasteiger partial charge in [0.15, 0.2) is 0 Å². The smallest absolute Gasteiger partial charge is 0.277 e. The van der Waals surface area contributed by atoms with Gasteiger partial charge in [0, 0.05) is 30.4 Å². The Morgan fingerprint density at radius 3 is 2.96 bits per heavy atom. The van der Waals surface area contributed by atoms with Crippen LogP contribution in [0, 0.1) is 11.7 Å². The van der Waals surface area contributed by atoms with Crippen LogP contribution >= 0.6 is 0 Å². The van der Waals surface area contributed by atoms with Gasteiger partial charge in [-0.25, -0.2) is 9.37 Å². The van der Waals surface area contributed by atoms with Crippen LogP contribution in [0.15, 0.2) is 29.3 Å². The van der Waals surface area contributed by atoms with Crippen molar-refractivity contribution in [2.75, 3.05) is 6.54 Å². The Hall–Kier alpha value is -2.70. The fraction of sp³-hybridized carbons (Fsp3) is 0.353. The Balaban J connectivity index is 1.85. The summed E-state index contributed by atoms with van der Waals surface area (Å²) in [5.74, 6) is -0.105. The van der Waals surface area contributed by atoms with Crippen molar-refractivity contribution in [1.29, 1.82) is 0 Å². The molecule has 2 N–H and O–H groups in total. The summed E-state index contributed by atoms with van der Waals surface area (Å²) in [6.45, 7) is 4.89. The molecule has 0 bridgehead atoms. The van der Waals surface area contributed by atoms with E-state index in [0.717, 1.165) is 0 Å². The Morgan fingerprint density at radius 1 is 1.42 bits per heavy atom. The highest BCUT2D eigenvalue weighted by atomic mass is 19.1. The van der Waals surface area contributed by atoms with Gasteiger partial charge in [-0.2, -0.15) is 0 Å². The van der Waals surface area contributed by atoms with Gasteiger partial charge in [-0.05, 0) is 24.1 Å². The summed E-state index contributed by atoms with van der Waals surface area (Å²) in [5, 5.41) is 3.39. The molecule has 0 atom stereocenters. The molecule has 24 heavy (non-hydrogen) atoms. The second kappa shape index (κ2) is 6.43. The number of hydrogen-bond donors (Lipinski definition) is 2. The topological polar surface area (TPSA) is 79.8 Å². The average Bonchev–Trinajstić information content (AvgIpc) is 2.91. The number of aromatic amines is 1. The third-order valence-electron chi connectivity index (χ3n) is 3.82. The SMILES string of the molecule is CC(C)CNC(=O)CCn1cnc2c([nH]c3ccc(F)cc32)c1=O. The van der Waals surface area contributed by atoms with Crippen molar-refractivity contribution >= 4 is 27.8 Å². The molecule has 0 radical (unpaired) electrons. The highest BCUT2D eigenvalue weighted by Gasteiger charge is 2.12. The first-order chi connectivity index (χ1) is 11.5. The molecule has 1 amide bonds. The summed E-state index contributed by atoms with van der Waals surface area (Å²) in [5.41, 5.74) is 1.15. The number of aryl methyl sites for hydroxylation is 1. The van der Waals surface area contributed by atoms with E-state index in [1.807, 2.05) is 13.8 Å². The average molecular weight is 330 g/mol. The number of hydrogen-bond acceptors (Lipinski definition) is 3. The van der Waals surface area contributed by atoms with Crippen LogP contribution in [0.1, 0.15) is 20.3 Å². The Labute approximate surface area is 137 Å². The minimum absolute atomic E-state index is 0.102. The molecule has 0 aliphatic rings. The molecular formula is C17H19FN4O2. The van der Waals surface area contributed by atoms with Gasteiger partial charge in [0.25, 0.3) is 5.56 Å². The van der Waals surface area contributed by atoms with Crippen molar-refractivity contribution in [2.24, 2.45) is 5.92 Å². The summed E-state index contributed by atoms with van der Waals surface area (Å²) in [4.78, 5) is 31.5. The number of rotatable bonds is 5. The van der Waals surface area contributed by atoms with E-state index in [-0.39, 0.29) is 30.2 Å². The highest BCUT2D eigenvalue weighted by Crippen LogP contribution is 2.21. The van der Waals surface area contributed by atoms with E-state index >= 15 is 0 Å². The van der Waals surface area contributed by atoms with E-state index in [9.17, 15) is 14.0 Å². The number of halogens is 1. The fourth-order valence-corrected chi connectivity index (χ4v) is 2.55. The van der Waals surface area contributed by atoms with Crippen LogP contribution < -0.4 is 10.9 Å². The highest BCUT2D eigenvalue weighted by molar-refractivity contribution is 6.04. The van der Waals surface area contributed by atoms with E-state index in [1.165, 1.54) is 23.0 Å². The molecule has 7 heteroatoms. The van der Waals surface area contributed by atoms with Gasteiger partial charge in [-0.1, -0.05) is 13.8 Å². The number of carbonyl (C=O) groups excluding carboxylic acids is 1. The predicted octanol–water partition coefficient (Wildman–Crippen LogP) is 2.18. The maximum absolute atomic E-state index is 13.4. The molecule has 0 aliphatic heterocycles. The zero-order valence-corrected chi connectivity index (χ0v) is 13.6. The van der Waals surface area contributed by atoms with Gasteiger partial charge < -0.3 is 10.3 Å². The minimum Gasteiger partial charge on any atom is -0.356 e. The number of nitrogens with one attached hydrogen (secondary N) is 2. The first-order valence-electron chi connectivity index (χ1n) is 7.89. The second-order valence-corrected chi connectivity index (χ2v) is 6.23. The Kier molecular flexibility index (Phi) is 4.33. The Bertz CT molecular complexity index is 958. The fourth-order valence-electron chi connectivity index (χ4n) is 2.55. The molecule has 0 unspecified atom stereocenters. The van der Waals surface area contributed by atoms with Crippen LogP contribution in [0.4, 0.5) is 4.39 Å². The Morgan fingerprint density at radius 2 is 2.21 bits per heavy atom. The van der Waals surface area contributed by atoms with Crippen molar-refractivity contribution in [3.8, 4) is 0 Å². The van der Waals surface area contributed by atoms with Crippen LogP contribution in [0.5, 0.6) is 0 Å². The lowest BCUT2D eigenvalue weighted by atomic mass is 10.2.